The number of hydrogen-bond donors (Lipinski definition) is 0. The molecule has 0 unspecified atom stereocenters. The molecule has 134 valence electrons. The van der Waals surface area contributed by atoms with Crippen molar-refractivity contribution in [3.63, 3.8) is 0 Å². The van der Waals surface area contributed by atoms with Crippen molar-refractivity contribution in [1.29, 1.82) is 0 Å². The average Bonchev–Trinajstić information content (AvgIpc) is 2.67. The van der Waals surface area contributed by atoms with Crippen LogP contribution in [0.4, 0.5) is 0 Å². The molecule has 25 heavy (non-hydrogen) atoms. The van der Waals surface area contributed by atoms with Crippen molar-refractivity contribution in [2.75, 3.05) is 6.61 Å². The zero-order valence-corrected chi connectivity index (χ0v) is 15.4. The molecule has 0 spiro atoms. The number of rotatable bonds is 12. The first-order valence-electron chi connectivity index (χ1n) is 9.64. The highest BCUT2D eigenvalue weighted by molar-refractivity contribution is 6.08. The van der Waals surface area contributed by atoms with Crippen LogP contribution in [0.25, 0.3) is 0 Å². The third-order valence-electron chi connectivity index (χ3n) is 4.42. The van der Waals surface area contributed by atoms with E-state index in [0.29, 0.717) is 5.56 Å². The van der Waals surface area contributed by atoms with E-state index in [4.69, 9.17) is 4.74 Å². The Balaban J connectivity index is 1.65. The molecule has 2 rings (SSSR count). The van der Waals surface area contributed by atoms with Gasteiger partial charge in [0.05, 0.1) is 6.61 Å². The van der Waals surface area contributed by atoms with Gasteiger partial charge in [-0.15, -0.1) is 0 Å². The number of hydrogen-bond acceptors (Lipinski definition) is 2. The molecule has 2 aromatic rings. The van der Waals surface area contributed by atoms with Crippen molar-refractivity contribution >= 4 is 5.78 Å². The zero-order valence-electron chi connectivity index (χ0n) is 15.4. The normalized spacial score (nSPS) is 10.6. The van der Waals surface area contributed by atoms with Gasteiger partial charge in [-0.05, 0) is 30.7 Å². The molecule has 0 saturated carbocycles. The maximum absolute atomic E-state index is 12.3. The summed E-state index contributed by atoms with van der Waals surface area (Å²) in [7, 11) is 0. The first-order chi connectivity index (χ1) is 12.3. The molecule has 2 aromatic carbocycles. The summed E-state index contributed by atoms with van der Waals surface area (Å²) in [6.07, 6.45) is 10.4. The fraction of sp³-hybridized carbons (Fsp3) is 0.435. The Bertz CT molecular complexity index is 602. The lowest BCUT2D eigenvalue weighted by Crippen LogP contribution is -2.01. The van der Waals surface area contributed by atoms with Gasteiger partial charge in [-0.3, -0.25) is 4.79 Å². The van der Waals surface area contributed by atoms with Gasteiger partial charge < -0.3 is 4.74 Å². The number of benzene rings is 2. The summed E-state index contributed by atoms with van der Waals surface area (Å²) in [6, 6.07) is 16.8. The van der Waals surface area contributed by atoms with E-state index in [1.54, 1.807) is 0 Å². The Morgan fingerprint density at radius 1 is 0.720 bits per heavy atom. The van der Waals surface area contributed by atoms with Crippen LogP contribution in [0.1, 0.15) is 74.2 Å². The van der Waals surface area contributed by atoms with Crippen LogP contribution in [0.3, 0.4) is 0 Å². The Morgan fingerprint density at radius 2 is 1.28 bits per heavy atom. The van der Waals surface area contributed by atoms with E-state index in [1.165, 1.54) is 44.9 Å². The van der Waals surface area contributed by atoms with E-state index >= 15 is 0 Å². The zero-order chi connectivity index (χ0) is 17.7. The van der Waals surface area contributed by atoms with Gasteiger partial charge in [0.25, 0.3) is 0 Å². The molecule has 0 aliphatic carbocycles. The second kappa shape index (κ2) is 11.5. The van der Waals surface area contributed by atoms with E-state index in [0.717, 1.165) is 24.3 Å². The van der Waals surface area contributed by atoms with Crippen molar-refractivity contribution in [2.45, 2.75) is 58.3 Å². The number of ketones is 1. The van der Waals surface area contributed by atoms with Gasteiger partial charge in [0.15, 0.2) is 5.78 Å². The van der Waals surface area contributed by atoms with Crippen LogP contribution in [0, 0.1) is 0 Å². The molecule has 2 heteroatoms. The minimum absolute atomic E-state index is 0.0511. The molecule has 0 N–H and O–H groups in total. The summed E-state index contributed by atoms with van der Waals surface area (Å²) in [5, 5.41) is 0. The van der Waals surface area contributed by atoms with E-state index in [9.17, 15) is 4.79 Å². The standard InChI is InChI=1S/C23H30O2/c1-2-3-4-5-6-7-8-12-19-25-22-17-15-21(16-18-22)23(24)20-13-10-9-11-14-20/h9-11,13-18H,2-8,12,19H2,1H3. The van der Waals surface area contributed by atoms with Crippen molar-refractivity contribution < 1.29 is 9.53 Å². The maximum Gasteiger partial charge on any atom is 0.193 e. The lowest BCUT2D eigenvalue weighted by atomic mass is 10.0. The van der Waals surface area contributed by atoms with Crippen LogP contribution in [0.2, 0.25) is 0 Å². The summed E-state index contributed by atoms with van der Waals surface area (Å²) < 4.78 is 5.78. The van der Waals surface area contributed by atoms with Gasteiger partial charge in [-0.1, -0.05) is 82.2 Å². The van der Waals surface area contributed by atoms with E-state index in [2.05, 4.69) is 6.92 Å². The molecule has 0 atom stereocenters. The third-order valence-corrected chi connectivity index (χ3v) is 4.42. The fourth-order valence-corrected chi connectivity index (χ4v) is 2.88. The van der Waals surface area contributed by atoms with Crippen LogP contribution < -0.4 is 4.74 Å². The fourth-order valence-electron chi connectivity index (χ4n) is 2.88. The molecule has 0 bridgehead atoms. The van der Waals surface area contributed by atoms with Crippen molar-refractivity contribution in [3.05, 3.63) is 65.7 Å². The van der Waals surface area contributed by atoms with Gasteiger partial charge in [0, 0.05) is 11.1 Å². The average molecular weight is 338 g/mol. The predicted octanol–water partition coefficient (Wildman–Crippen LogP) is 6.44. The number of unbranched alkanes of at least 4 members (excludes halogenated alkanes) is 7. The Morgan fingerprint density at radius 3 is 1.92 bits per heavy atom. The lowest BCUT2D eigenvalue weighted by molar-refractivity contribution is 0.103. The van der Waals surface area contributed by atoms with Crippen LogP contribution in [0.5, 0.6) is 5.75 Å². The summed E-state index contributed by atoms with van der Waals surface area (Å²) in [5.41, 5.74) is 1.42. The highest BCUT2D eigenvalue weighted by Crippen LogP contribution is 2.16. The monoisotopic (exact) mass is 338 g/mol. The Kier molecular flexibility index (Phi) is 8.82. The minimum atomic E-state index is 0.0511. The molecule has 2 nitrogen and oxygen atoms in total. The second-order valence-corrected chi connectivity index (χ2v) is 6.54. The molecule has 0 heterocycles. The van der Waals surface area contributed by atoms with Gasteiger partial charge in [0.2, 0.25) is 0 Å². The molecular formula is C23H30O2. The van der Waals surface area contributed by atoms with Crippen molar-refractivity contribution in [1.82, 2.24) is 0 Å². The SMILES string of the molecule is CCCCCCCCCCOc1ccc(C(=O)c2ccccc2)cc1. The molecule has 0 aliphatic rings. The quantitative estimate of drug-likeness (QED) is 0.329. The summed E-state index contributed by atoms with van der Waals surface area (Å²) >= 11 is 0. The minimum Gasteiger partial charge on any atom is -0.494 e. The van der Waals surface area contributed by atoms with Crippen molar-refractivity contribution in [2.24, 2.45) is 0 Å². The molecule has 0 fully saturated rings. The highest BCUT2D eigenvalue weighted by atomic mass is 16.5. The molecule has 0 radical (unpaired) electrons. The Labute approximate surface area is 152 Å². The van der Waals surface area contributed by atoms with E-state index in [1.807, 2.05) is 54.6 Å². The van der Waals surface area contributed by atoms with Gasteiger partial charge in [-0.2, -0.15) is 0 Å². The van der Waals surface area contributed by atoms with Gasteiger partial charge >= 0.3 is 0 Å². The summed E-state index contributed by atoms with van der Waals surface area (Å²) in [6.45, 7) is 3.00. The van der Waals surface area contributed by atoms with E-state index < -0.39 is 0 Å². The molecule has 0 aromatic heterocycles. The molecule has 0 amide bonds. The first kappa shape index (κ1) is 19.2. The van der Waals surface area contributed by atoms with Crippen LogP contribution in [0.15, 0.2) is 54.6 Å². The van der Waals surface area contributed by atoms with Crippen LogP contribution >= 0.6 is 0 Å². The highest BCUT2D eigenvalue weighted by Gasteiger charge is 2.08. The third kappa shape index (κ3) is 7.13. The molecule has 0 saturated heterocycles. The predicted molar refractivity (Wildman–Crippen MR) is 104 cm³/mol. The van der Waals surface area contributed by atoms with Gasteiger partial charge in [0.1, 0.15) is 5.75 Å². The first-order valence-corrected chi connectivity index (χ1v) is 9.64. The second-order valence-electron chi connectivity index (χ2n) is 6.54. The van der Waals surface area contributed by atoms with Crippen LogP contribution in [-0.4, -0.2) is 12.4 Å². The molecule has 0 aliphatic heterocycles. The summed E-state index contributed by atoms with van der Waals surface area (Å²) in [4.78, 5) is 12.3. The number of carbonyl (C=O) groups excluding carboxylic acids is 1. The van der Waals surface area contributed by atoms with Crippen LogP contribution in [-0.2, 0) is 0 Å². The largest absolute Gasteiger partial charge is 0.494 e. The van der Waals surface area contributed by atoms with Crippen molar-refractivity contribution in [3.8, 4) is 5.75 Å². The van der Waals surface area contributed by atoms with E-state index in [-0.39, 0.29) is 5.78 Å². The smallest absolute Gasteiger partial charge is 0.193 e. The summed E-state index contributed by atoms with van der Waals surface area (Å²) in [5.74, 6) is 0.891. The number of carbonyl (C=O) groups is 1. The maximum atomic E-state index is 12.3. The van der Waals surface area contributed by atoms with Gasteiger partial charge in [-0.25, -0.2) is 0 Å². The lowest BCUT2D eigenvalue weighted by Gasteiger charge is -2.07. The Hall–Kier alpha value is -2.09. The topological polar surface area (TPSA) is 26.3 Å². The number of ether oxygens (including phenoxy) is 1. The molecular weight excluding hydrogens is 308 g/mol.